The van der Waals surface area contributed by atoms with E-state index in [1.54, 1.807) is 49.6 Å². The molecule has 6 atom stereocenters. The number of allylic oxidation sites excluding steroid dienone is 2. The zero-order valence-electron chi connectivity index (χ0n) is 25.1. The van der Waals surface area contributed by atoms with E-state index >= 15 is 0 Å². The van der Waals surface area contributed by atoms with Gasteiger partial charge < -0.3 is 5.11 Å². The molecule has 0 radical (unpaired) electrons. The fourth-order valence-corrected chi connectivity index (χ4v) is 9.83. The number of fused-ring (bicyclic) bond motifs is 5. The number of carbonyl (C=O) groups excluding carboxylic acids is 4. The number of nitrogens with zero attached hydrogens (tertiary/aromatic N) is 4. The minimum atomic E-state index is -1.26. The number of imide groups is 2. The van der Waals surface area contributed by atoms with Gasteiger partial charge in [0.05, 0.1) is 28.0 Å². The first-order valence-electron chi connectivity index (χ1n) is 15.1. The standard InChI is InChI=1S/C34H29ClN4O6S/c1-15-21-12-17(35)7-10-25(21)46-29(15)24-14-26(37(3)36-24)38-31(42)23-13-22-19(8-9-20-27(22)32(43)39(45)30(20)41)28(34(23,2)33(38)44)16-5-4-6-18(40)11-16/h4-8,10-12,14,20,22-23,27-28,40,45H,9,13H2,1-3H3/t20-,22+,23-,27-,28-,34+/m0/s1. The van der Waals surface area contributed by atoms with Crippen molar-refractivity contribution in [3.8, 4) is 16.3 Å². The van der Waals surface area contributed by atoms with Gasteiger partial charge in [0.25, 0.3) is 11.8 Å². The molecule has 0 unspecified atom stereocenters. The molecule has 1 saturated carbocycles. The lowest BCUT2D eigenvalue weighted by atomic mass is 9.51. The van der Waals surface area contributed by atoms with Crippen molar-refractivity contribution in [2.24, 2.45) is 36.1 Å². The van der Waals surface area contributed by atoms with Gasteiger partial charge in [0, 0.05) is 28.8 Å². The van der Waals surface area contributed by atoms with Crippen LogP contribution < -0.4 is 4.90 Å². The first-order valence-corrected chi connectivity index (χ1v) is 16.3. The third-order valence-electron chi connectivity index (χ3n) is 10.7. The monoisotopic (exact) mass is 656 g/mol. The van der Waals surface area contributed by atoms with E-state index in [1.807, 2.05) is 31.2 Å². The highest BCUT2D eigenvalue weighted by atomic mass is 35.5. The Morgan fingerprint density at radius 2 is 1.80 bits per heavy atom. The molecule has 4 aromatic rings. The molecule has 4 amide bonds. The van der Waals surface area contributed by atoms with Crippen LogP contribution in [0.1, 0.15) is 36.8 Å². The van der Waals surface area contributed by atoms with Gasteiger partial charge in [-0.05, 0) is 79.5 Å². The van der Waals surface area contributed by atoms with Crippen LogP contribution in [0.15, 0.2) is 60.2 Å². The van der Waals surface area contributed by atoms with Crippen molar-refractivity contribution in [2.45, 2.75) is 32.6 Å². The molecule has 234 valence electrons. The van der Waals surface area contributed by atoms with Gasteiger partial charge in [-0.15, -0.1) is 11.3 Å². The van der Waals surface area contributed by atoms with Gasteiger partial charge in [0.1, 0.15) is 17.3 Å². The van der Waals surface area contributed by atoms with Crippen molar-refractivity contribution in [3.05, 3.63) is 76.3 Å². The van der Waals surface area contributed by atoms with Crippen LogP contribution in [0.5, 0.6) is 5.75 Å². The second kappa shape index (κ2) is 9.84. The number of aromatic nitrogens is 2. The number of rotatable bonds is 3. The second-order valence-corrected chi connectivity index (χ2v) is 14.4. The van der Waals surface area contributed by atoms with Crippen LogP contribution in [0.4, 0.5) is 5.82 Å². The Morgan fingerprint density at radius 3 is 2.57 bits per heavy atom. The summed E-state index contributed by atoms with van der Waals surface area (Å²) < 4.78 is 2.58. The van der Waals surface area contributed by atoms with E-state index in [4.69, 9.17) is 16.7 Å². The Morgan fingerprint density at radius 1 is 1.02 bits per heavy atom. The molecule has 2 aliphatic heterocycles. The Hall–Kier alpha value is -4.32. The summed E-state index contributed by atoms with van der Waals surface area (Å²) in [4.78, 5) is 57.3. The minimum Gasteiger partial charge on any atom is -0.508 e. The van der Waals surface area contributed by atoms with Gasteiger partial charge in [-0.3, -0.25) is 29.1 Å². The van der Waals surface area contributed by atoms with Gasteiger partial charge in [0.2, 0.25) is 11.8 Å². The summed E-state index contributed by atoms with van der Waals surface area (Å²) >= 11 is 7.82. The van der Waals surface area contributed by atoms with Gasteiger partial charge in [0.15, 0.2) is 0 Å². The zero-order valence-corrected chi connectivity index (χ0v) is 26.7. The molecule has 2 aromatic carbocycles. The van der Waals surface area contributed by atoms with Crippen molar-refractivity contribution in [2.75, 3.05) is 4.90 Å². The number of aromatic hydroxyl groups is 1. The molecular weight excluding hydrogens is 628 g/mol. The number of hydroxylamine groups is 2. The maximum Gasteiger partial charge on any atom is 0.257 e. The molecule has 10 nitrogen and oxygen atoms in total. The van der Waals surface area contributed by atoms with E-state index in [2.05, 4.69) is 0 Å². The number of hydrogen-bond donors (Lipinski definition) is 2. The smallest absolute Gasteiger partial charge is 0.257 e. The number of phenolic OH excluding ortho intramolecular Hbond substituents is 1. The Kier molecular flexibility index (Phi) is 6.23. The van der Waals surface area contributed by atoms with Crippen LogP contribution in [-0.4, -0.2) is 48.8 Å². The van der Waals surface area contributed by atoms with Gasteiger partial charge in [-0.2, -0.15) is 10.2 Å². The van der Waals surface area contributed by atoms with Crippen molar-refractivity contribution in [1.82, 2.24) is 14.8 Å². The number of halogens is 1. The highest BCUT2D eigenvalue weighted by Crippen LogP contribution is 2.63. The molecule has 4 heterocycles. The quantitative estimate of drug-likeness (QED) is 0.167. The lowest BCUT2D eigenvalue weighted by molar-refractivity contribution is -0.173. The highest BCUT2D eigenvalue weighted by Gasteiger charge is 2.68. The van der Waals surface area contributed by atoms with Gasteiger partial charge in [-0.25, -0.2) is 4.90 Å². The Balaban J connectivity index is 1.25. The van der Waals surface area contributed by atoms with E-state index in [0.29, 0.717) is 22.1 Å². The number of hydrogen-bond acceptors (Lipinski definition) is 8. The number of aryl methyl sites for hydroxylation is 2. The van der Waals surface area contributed by atoms with Crippen LogP contribution in [0, 0.1) is 36.0 Å². The molecular formula is C34H29ClN4O6S. The van der Waals surface area contributed by atoms with Gasteiger partial charge >= 0.3 is 0 Å². The zero-order chi connectivity index (χ0) is 32.4. The number of anilines is 1. The van der Waals surface area contributed by atoms with Crippen LogP contribution in [-0.2, 0) is 26.2 Å². The SMILES string of the molecule is Cc1c(-c2cc(N3C(=O)[C@@H]4C[C@@H]5C(=CC[C@@H]6C(=O)N(O)C(=O)[C@@H]65)[C@H](c5cccc(O)c5)[C@]4(C)C3=O)n(C)n2)sc2ccc(Cl)cc12. The third-order valence-corrected chi connectivity index (χ3v) is 12.2. The summed E-state index contributed by atoms with van der Waals surface area (Å²) in [6, 6.07) is 14.1. The number of benzene rings is 2. The van der Waals surface area contributed by atoms with Gasteiger partial charge in [-0.1, -0.05) is 35.4 Å². The van der Waals surface area contributed by atoms with E-state index in [1.165, 1.54) is 15.6 Å². The van der Waals surface area contributed by atoms with Crippen molar-refractivity contribution < 1.29 is 29.5 Å². The molecule has 12 heteroatoms. The van der Waals surface area contributed by atoms with Crippen molar-refractivity contribution in [1.29, 1.82) is 0 Å². The molecule has 2 N–H and O–H groups in total. The number of carbonyl (C=O) groups is 4. The van der Waals surface area contributed by atoms with E-state index in [0.717, 1.165) is 26.1 Å². The molecule has 46 heavy (non-hydrogen) atoms. The average molecular weight is 657 g/mol. The molecule has 2 aromatic heterocycles. The van der Waals surface area contributed by atoms with Crippen molar-refractivity contribution >= 4 is 62.5 Å². The Bertz CT molecular complexity index is 2080. The summed E-state index contributed by atoms with van der Waals surface area (Å²) in [5, 5.41) is 27.3. The predicted molar refractivity (Wildman–Crippen MR) is 170 cm³/mol. The largest absolute Gasteiger partial charge is 0.508 e. The fourth-order valence-electron chi connectivity index (χ4n) is 8.52. The topological polar surface area (TPSA) is 133 Å². The summed E-state index contributed by atoms with van der Waals surface area (Å²) in [6.07, 6.45) is 2.28. The normalized spacial score (nSPS) is 29.0. The van der Waals surface area contributed by atoms with E-state index < -0.39 is 58.6 Å². The molecule has 3 fully saturated rings. The van der Waals surface area contributed by atoms with E-state index in [9.17, 15) is 29.5 Å². The fraction of sp³-hybridized carbons (Fsp3) is 0.324. The van der Waals surface area contributed by atoms with E-state index in [-0.39, 0.29) is 23.7 Å². The van der Waals surface area contributed by atoms with Crippen LogP contribution in [0.3, 0.4) is 0 Å². The Labute approximate surface area is 272 Å². The van der Waals surface area contributed by atoms with Crippen LogP contribution in [0.25, 0.3) is 20.7 Å². The number of phenols is 1. The lowest BCUT2D eigenvalue weighted by Crippen LogP contribution is -2.48. The molecule has 0 bridgehead atoms. The lowest BCUT2D eigenvalue weighted by Gasteiger charge is -2.49. The average Bonchev–Trinajstić information content (AvgIpc) is 3.68. The maximum absolute atomic E-state index is 14.7. The van der Waals surface area contributed by atoms with Crippen LogP contribution in [0.2, 0.25) is 5.02 Å². The summed E-state index contributed by atoms with van der Waals surface area (Å²) in [7, 11) is 1.70. The molecule has 2 saturated heterocycles. The second-order valence-electron chi connectivity index (χ2n) is 13.0. The first-order chi connectivity index (χ1) is 21.9. The van der Waals surface area contributed by atoms with Crippen molar-refractivity contribution in [3.63, 3.8) is 0 Å². The maximum atomic E-state index is 14.7. The number of thiophene rings is 1. The minimum absolute atomic E-state index is 0.00705. The third kappa shape index (κ3) is 3.76. The predicted octanol–water partition coefficient (Wildman–Crippen LogP) is 5.59. The summed E-state index contributed by atoms with van der Waals surface area (Å²) in [5.41, 5.74) is 1.76. The molecule has 2 aliphatic carbocycles. The number of amides is 4. The van der Waals surface area contributed by atoms with Crippen LogP contribution >= 0.6 is 22.9 Å². The first kappa shape index (κ1) is 29.1. The molecule has 0 spiro atoms. The summed E-state index contributed by atoms with van der Waals surface area (Å²) in [5.74, 6) is -5.44. The molecule has 4 aliphatic rings. The summed E-state index contributed by atoms with van der Waals surface area (Å²) in [6.45, 7) is 3.78. The molecule has 8 rings (SSSR count). The highest BCUT2D eigenvalue weighted by molar-refractivity contribution is 7.22.